The first-order chi connectivity index (χ1) is 9.76. The van der Waals surface area contributed by atoms with Crippen LogP contribution >= 0.6 is 34.8 Å². The van der Waals surface area contributed by atoms with Crippen molar-refractivity contribution in [1.29, 1.82) is 0 Å². The first kappa shape index (κ1) is 22.8. The molecule has 0 N–H and O–H groups in total. The van der Waals surface area contributed by atoms with Crippen LogP contribution in [0.1, 0.15) is 0 Å². The van der Waals surface area contributed by atoms with Crippen molar-refractivity contribution in [1.82, 2.24) is 0 Å². The number of halogens is 15. The standard InChI is InChI=1S/C8HCl3F12/c9-1(2(12)13)4(15,16)5(17,18)3(14)6(19,20)7(10,11)8(21,22)23/h3H. The van der Waals surface area contributed by atoms with Crippen molar-refractivity contribution >= 4 is 34.8 Å². The predicted molar refractivity (Wildman–Crippen MR) is 55.3 cm³/mol. The van der Waals surface area contributed by atoms with Crippen molar-refractivity contribution in [3.63, 3.8) is 0 Å². The first-order valence-electron chi connectivity index (χ1n) is 4.69. The average Bonchev–Trinajstić information content (AvgIpc) is 2.34. The van der Waals surface area contributed by atoms with Crippen LogP contribution in [-0.2, 0) is 0 Å². The second kappa shape index (κ2) is 6.25. The first-order valence-corrected chi connectivity index (χ1v) is 5.83. The van der Waals surface area contributed by atoms with Gasteiger partial charge in [-0.05, 0) is 0 Å². The minimum Gasteiger partial charge on any atom is -0.234 e. The fraction of sp³-hybridized carbons (Fsp3) is 0.750. The van der Waals surface area contributed by atoms with E-state index in [4.69, 9.17) is 0 Å². The minimum absolute atomic E-state index is 3.34. The lowest BCUT2D eigenvalue weighted by Crippen LogP contribution is -2.63. The highest BCUT2D eigenvalue weighted by molar-refractivity contribution is 6.50. The van der Waals surface area contributed by atoms with Crippen molar-refractivity contribution in [2.24, 2.45) is 0 Å². The molecule has 0 saturated heterocycles. The molecule has 0 aromatic rings. The molecular formula is C8HCl3F12. The molecule has 15 heteroatoms. The Bertz CT molecular complexity index is 475. The summed E-state index contributed by atoms with van der Waals surface area (Å²) in [6.07, 6.45) is -15.9. The molecule has 0 aromatic carbocycles. The van der Waals surface area contributed by atoms with E-state index in [1.165, 1.54) is 0 Å². The van der Waals surface area contributed by atoms with Crippen molar-refractivity contribution in [3.8, 4) is 0 Å². The van der Waals surface area contributed by atoms with Crippen LogP contribution in [-0.4, -0.2) is 34.4 Å². The van der Waals surface area contributed by atoms with Crippen molar-refractivity contribution < 1.29 is 52.7 Å². The lowest BCUT2D eigenvalue weighted by Gasteiger charge is -2.37. The van der Waals surface area contributed by atoms with Gasteiger partial charge in [-0.1, -0.05) is 34.8 Å². The SMILES string of the molecule is FC(F)=C(Cl)C(F)(F)C(F)(F)C(F)C(F)(F)C(Cl)(Cl)C(F)(F)F. The van der Waals surface area contributed by atoms with E-state index < -0.39 is 45.6 Å². The minimum atomic E-state index is -6.82. The molecule has 0 bridgehead atoms. The smallest absolute Gasteiger partial charge is 0.234 e. The molecule has 0 aliphatic rings. The number of rotatable bonds is 5. The summed E-state index contributed by atoms with van der Waals surface area (Å²) in [5.41, 5.74) is 0. The van der Waals surface area contributed by atoms with Gasteiger partial charge in [0.25, 0.3) is 10.4 Å². The van der Waals surface area contributed by atoms with Crippen molar-refractivity contribution in [2.75, 3.05) is 0 Å². The highest BCUT2D eigenvalue weighted by Gasteiger charge is 2.80. The molecule has 23 heavy (non-hydrogen) atoms. The lowest BCUT2D eigenvalue weighted by molar-refractivity contribution is -0.286. The largest absolute Gasteiger partial charge is 0.427 e. The van der Waals surface area contributed by atoms with Crippen LogP contribution in [0, 0.1) is 0 Å². The third-order valence-electron chi connectivity index (χ3n) is 2.27. The maximum atomic E-state index is 13.2. The molecular weight excluding hydrogens is 430 g/mol. The molecule has 0 fully saturated rings. The van der Waals surface area contributed by atoms with Crippen LogP contribution in [0.5, 0.6) is 0 Å². The molecule has 0 aliphatic heterocycles. The van der Waals surface area contributed by atoms with Gasteiger partial charge in [0.2, 0.25) is 6.17 Å². The zero-order chi connectivity index (χ0) is 19.2. The highest BCUT2D eigenvalue weighted by Crippen LogP contribution is 2.57. The Morgan fingerprint density at radius 1 is 0.739 bits per heavy atom. The Morgan fingerprint density at radius 2 is 1.09 bits per heavy atom. The maximum Gasteiger partial charge on any atom is 0.427 e. The lowest BCUT2D eigenvalue weighted by atomic mass is 9.98. The van der Waals surface area contributed by atoms with Gasteiger partial charge in [0.15, 0.2) is 5.03 Å². The molecule has 0 aliphatic carbocycles. The fourth-order valence-corrected chi connectivity index (χ4v) is 1.32. The topological polar surface area (TPSA) is 0 Å². The summed E-state index contributed by atoms with van der Waals surface area (Å²) in [5, 5.41) is -3.34. The van der Waals surface area contributed by atoms with Gasteiger partial charge in [0.05, 0.1) is 0 Å². The summed E-state index contributed by atoms with van der Waals surface area (Å²) in [4.78, 5) is 0. The number of alkyl halides is 12. The zero-order valence-electron chi connectivity index (χ0n) is 9.75. The van der Waals surface area contributed by atoms with E-state index in [-0.39, 0.29) is 0 Å². The van der Waals surface area contributed by atoms with Crippen LogP contribution in [0.3, 0.4) is 0 Å². The monoisotopic (exact) mass is 430 g/mol. The highest BCUT2D eigenvalue weighted by atomic mass is 35.5. The van der Waals surface area contributed by atoms with Gasteiger partial charge in [-0.15, -0.1) is 0 Å². The van der Waals surface area contributed by atoms with Crippen molar-refractivity contribution in [2.45, 2.75) is 34.4 Å². The third kappa shape index (κ3) is 3.58. The van der Waals surface area contributed by atoms with Crippen LogP contribution in [0.25, 0.3) is 0 Å². The molecule has 0 nitrogen and oxygen atoms in total. The molecule has 0 amide bonds. The summed E-state index contributed by atoms with van der Waals surface area (Å²) in [6.45, 7) is 0. The maximum absolute atomic E-state index is 13.2. The number of hydrogen-bond donors (Lipinski definition) is 0. The molecule has 0 radical (unpaired) electrons. The summed E-state index contributed by atoms with van der Waals surface area (Å²) in [7, 11) is 0. The third-order valence-corrected chi connectivity index (χ3v) is 3.58. The second-order valence-corrected chi connectivity index (χ2v) is 5.53. The van der Waals surface area contributed by atoms with Gasteiger partial charge in [0.1, 0.15) is 0 Å². The van der Waals surface area contributed by atoms with E-state index in [0.29, 0.717) is 0 Å². The van der Waals surface area contributed by atoms with E-state index in [9.17, 15) is 52.7 Å². The Hall–Kier alpha value is -0.230. The van der Waals surface area contributed by atoms with E-state index in [2.05, 4.69) is 34.8 Å². The van der Waals surface area contributed by atoms with E-state index in [1.807, 2.05) is 0 Å². The summed E-state index contributed by atoms with van der Waals surface area (Å²) < 4.78 is 146. The summed E-state index contributed by atoms with van der Waals surface area (Å²) >= 11 is 12.2. The Morgan fingerprint density at radius 3 is 1.35 bits per heavy atom. The zero-order valence-corrected chi connectivity index (χ0v) is 12.0. The van der Waals surface area contributed by atoms with Gasteiger partial charge in [-0.25, -0.2) is 4.39 Å². The second-order valence-electron chi connectivity index (χ2n) is 3.83. The molecule has 1 atom stereocenters. The molecule has 0 aromatic heterocycles. The fourth-order valence-electron chi connectivity index (χ4n) is 1.000. The Balaban J connectivity index is 6.11. The van der Waals surface area contributed by atoms with Crippen LogP contribution in [0.2, 0.25) is 0 Å². The van der Waals surface area contributed by atoms with Gasteiger partial charge >= 0.3 is 23.9 Å². The molecule has 0 heterocycles. The van der Waals surface area contributed by atoms with Gasteiger partial charge < -0.3 is 0 Å². The molecule has 0 saturated carbocycles. The van der Waals surface area contributed by atoms with Gasteiger partial charge in [0, 0.05) is 0 Å². The molecule has 1 unspecified atom stereocenters. The quantitative estimate of drug-likeness (QED) is 0.353. The van der Waals surface area contributed by atoms with E-state index >= 15 is 0 Å². The van der Waals surface area contributed by atoms with Crippen LogP contribution in [0.4, 0.5) is 52.7 Å². The summed E-state index contributed by atoms with van der Waals surface area (Å²) in [6, 6.07) is 0. The molecule has 0 rings (SSSR count). The average molecular weight is 431 g/mol. The van der Waals surface area contributed by atoms with E-state index in [1.54, 1.807) is 0 Å². The molecule has 138 valence electrons. The van der Waals surface area contributed by atoms with Crippen molar-refractivity contribution in [3.05, 3.63) is 11.1 Å². The van der Waals surface area contributed by atoms with Gasteiger partial charge in [-0.2, -0.15) is 48.3 Å². The number of allylic oxidation sites excluding steroid dienone is 1. The van der Waals surface area contributed by atoms with Crippen LogP contribution < -0.4 is 0 Å². The Labute approximate surface area is 134 Å². The molecule has 0 spiro atoms. The predicted octanol–water partition coefficient (Wildman–Crippen LogP) is 6.31. The van der Waals surface area contributed by atoms with Gasteiger partial charge in [-0.3, -0.25) is 0 Å². The Kier molecular flexibility index (Phi) is 6.19. The summed E-state index contributed by atoms with van der Waals surface area (Å²) in [5.74, 6) is -19.9. The number of hydrogen-bond acceptors (Lipinski definition) is 0. The van der Waals surface area contributed by atoms with Crippen LogP contribution in [0.15, 0.2) is 11.1 Å². The van der Waals surface area contributed by atoms with E-state index in [0.717, 1.165) is 0 Å². The normalized spacial score (nSPS) is 16.3.